The van der Waals surface area contributed by atoms with Crippen molar-refractivity contribution in [3.8, 4) is 5.75 Å². The Morgan fingerprint density at radius 2 is 1.87 bits per heavy atom. The van der Waals surface area contributed by atoms with E-state index >= 15 is 0 Å². The molecule has 8 nitrogen and oxygen atoms in total. The number of nitrogens with one attached hydrogen (secondary N) is 2. The molecule has 0 unspecified atom stereocenters. The number of alkyl halides is 3. The fourth-order valence-corrected chi connectivity index (χ4v) is 3.01. The van der Waals surface area contributed by atoms with Crippen molar-refractivity contribution in [2.45, 2.75) is 39.8 Å². The van der Waals surface area contributed by atoms with Gasteiger partial charge in [-0.25, -0.2) is 4.98 Å². The molecule has 0 fully saturated rings. The van der Waals surface area contributed by atoms with Gasteiger partial charge in [-0.15, -0.1) is 10.2 Å². The summed E-state index contributed by atoms with van der Waals surface area (Å²) in [7, 11) is 1.58. The fraction of sp³-hybridized carbons (Fsp3) is 0.500. The summed E-state index contributed by atoms with van der Waals surface area (Å²) in [6, 6.07) is 5.54. The monoisotopic (exact) mass is 438 g/mol. The zero-order valence-corrected chi connectivity index (χ0v) is 17.8. The summed E-state index contributed by atoms with van der Waals surface area (Å²) >= 11 is 0. The summed E-state index contributed by atoms with van der Waals surface area (Å²) in [5, 5.41) is 13.9. The minimum Gasteiger partial charge on any atom is -0.497 e. The van der Waals surface area contributed by atoms with Crippen LogP contribution >= 0.6 is 0 Å². The highest BCUT2D eigenvalue weighted by Crippen LogP contribution is 2.37. The molecule has 2 heterocycles. The highest BCUT2D eigenvalue weighted by Gasteiger charge is 2.52. The maximum absolute atomic E-state index is 12.9. The minimum atomic E-state index is -4.59. The number of rotatable bonds is 8. The fourth-order valence-electron chi connectivity index (χ4n) is 3.01. The lowest BCUT2D eigenvalue weighted by Crippen LogP contribution is -2.46. The van der Waals surface area contributed by atoms with Crippen molar-refractivity contribution in [3.63, 3.8) is 0 Å². The second-order valence-corrected chi connectivity index (χ2v) is 7.73. The first-order chi connectivity index (χ1) is 14.6. The van der Waals surface area contributed by atoms with Gasteiger partial charge in [0.05, 0.1) is 18.1 Å². The summed E-state index contributed by atoms with van der Waals surface area (Å²) in [5.74, 6) is 0.904. The maximum atomic E-state index is 12.9. The number of aromatic nitrogens is 4. The quantitative estimate of drug-likeness (QED) is 0.523. The number of hydrogen-bond donors (Lipinski definition) is 2. The van der Waals surface area contributed by atoms with Crippen LogP contribution in [0.15, 0.2) is 18.2 Å². The lowest BCUT2D eigenvalue weighted by molar-refractivity contribution is -0.211. The number of hydrogen-bond acceptors (Lipinski definition) is 6. The summed E-state index contributed by atoms with van der Waals surface area (Å²) < 4.78 is 45.8. The van der Waals surface area contributed by atoms with Gasteiger partial charge in [-0.2, -0.15) is 13.2 Å². The van der Waals surface area contributed by atoms with Crippen molar-refractivity contribution in [3.05, 3.63) is 24.0 Å². The molecule has 0 spiro atoms. The second-order valence-electron chi connectivity index (χ2n) is 7.73. The normalized spacial score (nSPS) is 12.4. The largest absolute Gasteiger partial charge is 0.497 e. The summed E-state index contributed by atoms with van der Waals surface area (Å²) in [4.78, 5) is 16.4. The van der Waals surface area contributed by atoms with Crippen molar-refractivity contribution in [1.29, 1.82) is 0 Å². The number of carbonyl (C=O) groups excluding carboxylic acids is 1. The van der Waals surface area contributed by atoms with Gasteiger partial charge in [-0.05, 0) is 45.7 Å². The third kappa shape index (κ3) is 4.49. The molecule has 1 amide bonds. The van der Waals surface area contributed by atoms with E-state index in [0.29, 0.717) is 47.9 Å². The summed E-state index contributed by atoms with van der Waals surface area (Å²) in [6.45, 7) is 4.25. The topological polar surface area (TPSA) is 93.4 Å². The average molecular weight is 438 g/mol. The summed E-state index contributed by atoms with van der Waals surface area (Å²) in [6.07, 6.45) is -3.47. The molecule has 3 aromatic rings. The van der Waals surface area contributed by atoms with Crippen LogP contribution in [0, 0.1) is 12.3 Å². The molecule has 2 aromatic heterocycles. The molecule has 0 radical (unpaired) electrons. The Morgan fingerprint density at radius 3 is 2.55 bits per heavy atom. The molecule has 31 heavy (non-hydrogen) atoms. The van der Waals surface area contributed by atoms with Gasteiger partial charge >= 0.3 is 6.18 Å². The first-order valence-electron chi connectivity index (χ1n) is 9.84. The first kappa shape index (κ1) is 22.6. The smallest absolute Gasteiger partial charge is 0.402 e. The third-order valence-electron chi connectivity index (χ3n) is 5.15. The third-order valence-corrected chi connectivity index (χ3v) is 5.15. The van der Waals surface area contributed by atoms with E-state index in [9.17, 15) is 18.0 Å². The van der Waals surface area contributed by atoms with Gasteiger partial charge in [0, 0.05) is 19.2 Å². The molecule has 0 atom stereocenters. The molecule has 0 saturated heterocycles. The zero-order valence-electron chi connectivity index (χ0n) is 17.8. The number of benzene rings is 1. The SMILES string of the molecule is COc1ccc2c(c1)nc(NCCCCNC(=O)C(C)(C)C(F)(F)F)c1nnc(C)n12. The van der Waals surface area contributed by atoms with Crippen LogP contribution in [0.1, 0.15) is 32.5 Å². The molecular weight excluding hydrogens is 413 g/mol. The molecule has 2 N–H and O–H groups in total. The Labute approximate surface area is 177 Å². The number of amides is 1. The van der Waals surface area contributed by atoms with Crippen molar-refractivity contribution in [2.75, 3.05) is 25.5 Å². The highest BCUT2D eigenvalue weighted by atomic mass is 19.4. The molecular formula is C20H25F3N6O2. The highest BCUT2D eigenvalue weighted by molar-refractivity contribution is 5.84. The number of carbonyl (C=O) groups is 1. The van der Waals surface area contributed by atoms with Crippen molar-refractivity contribution in [2.24, 2.45) is 5.41 Å². The number of nitrogens with zero attached hydrogens (tertiary/aromatic N) is 4. The van der Waals surface area contributed by atoms with E-state index in [1.807, 2.05) is 29.5 Å². The number of fused-ring (bicyclic) bond motifs is 3. The Bertz CT molecular complexity index is 1090. The number of halogens is 3. The van der Waals surface area contributed by atoms with E-state index < -0.39 is 17.5 Å². The van der Waals surface area contributed by atoms with Gasteiger partial charge in [-0.3, -0.25) is 9.20 Å². The zero-order chi connectivity index (χ0) is 22.8. The standard InChI is InChI=1S/C20H25F3N6O2/c1-12-27-28-17-16(26-14-11-13(31-4)7-8-15(14)29(12)17)24-9-5-6-10-25-18(30)19(2,3)20(21,22)23/h7-8,11H,5-6,9-10H2,1-4H3,(H,24,26)(H,25,30). The number of aryl methyl sites for hydroxylation is 1. The van der Waals surface area contributed by atoms with Crippen LogP contribution in [-0.2, 0) is 4.79 Å². The van der Waals surface area contributed by atoms with Crippen LogP contribution in [0.5, 0.6) is 5.75 Å². The number of ether oxygens (including phenoxy) is 1. The van der Waals surface area contributed by atoms with Crippen LogP contribution < -0.4 is 15.4 Å². The molecule has 3 rings (SSSR count). The van der Waals surface area contributed by atoms with Crippen LogP contribution in [0.25, 0.3) is 16.7 Å². The van der Waals surface area contributed by atoms with E-state index in [0.717, 1.165) is 19.4 Å². The van der Waals surface area contributed by atoms with Crippen LogP contribution in [-0.4, -0.2) is 51.9 Å². The molecule has 1 aromatic carbocycles. The Kier molecular flexibility index (Phi) is 6.23. The van der Waals surface area contributed by atoms with Crippen LogP contribution in [0.2, 0.25) is 0 Å². The molecule has 11 heteroatoms. The maximum Gasteiger partial charge on any atom is 0.402 e. The molecule has 0 aliphatic heterocycles. The lowest BCUT2D eigenvalue weighted by Gasteiger charge is -2.26. The van der Waals surface area contributed by atoms with Gasteiger partial charge in [0.15, 0.2) is 5.82 Å². The second kappa shape index (κ2) is 8.56. The Hall–Kier alpha value is -3.11. The van der Waals surface area contributed by atoms with E-state index in [4.69, 9.17) is 4.74 Å². The van der Waals surface area contributed by atoms with E-state index in [1.54, 1.807) is 7.11 Å². The molecule has 0 aliphatic rings. The predicted molar refractivity (Wildman–Crippen MR) is 110 cm³/mol. The van der Waals surface area contributed by atoms with Crippen LogP contribution in [0.4, 0.5) is 19.0 Å². The average Bonchev–Trinajstić information content (AvgIpc) is 3.11. The minimum absolute atomic E-state index is 0.155. The van der Waals surface area contributed by atoms with Gasteiger partial charge in [0.2, 0.25) is 11.6 Å². The van der Waals surface area contributed by atoms with Gasteiger partial charge in [-0.1, -0.05) is 0 Å². The van der Waals surface area contributed by atoms with Gasteiger partial charge < -0.3 is 15.4 Å². The molecule has 0 aliphatic carbocycles. The molecule has 0 saturated carbocycles. The van der Waals surface area contributed by atoms with Crippen LogP contribution in [0.3, 0.4) is 0 Å². The van der Waals surface area contributed by atoms with E-state index in [2.05, 4.69) is 25.8 Å². The van der Waals surface area contributed by atoms with Crippen molar-refractivity contribution < 1.29 is 22.7 Å². The number of unbranched alkanes of at least 4 members (excludes halogenated alkanes) is 1. The molecule has 168 valence electrons. The van der Waals surface area contributed by atoms with E-state index in [-0.39, 0.29) is 6.54 Å². The first-order valence-corrected chi connectivity index (χ1v) is 9.84. The number of anilines is 1. The summed E-state index contributed by atoms with van der Waals surface area (Å²) in [5.41, 5.74) is -0.286. The molecule has 0 bridgehead atoms. The predicted octanol–water partition coefficient (Wildman–Crippen LogP) is 3.49. The lowest BCUT2D eigenvalue weighted by atomic mass is 9.91. The van der Waals surface area contributed by atoms with Crippen molar-refractivity contribution >= 4 is 28.4 Å². The number of methoxy groups -OCH3 is 1. The van der Waals surface area contributed by atoms with Gasteiger partial charge in [0.1, 0.15) is 17.0 Å². The Balaban J connectivity index is 1.62. The van der Waals surface area contributed by atoms with E-state index in [1.165, 1.54) is 0 Å². The Morgan fingerprint density at radius 1 is 1.16 bits per heavy atom. The van der Waals surface area contributed by atoms with Crippen molar-refractivity contribution in [1.82, 2.24) is 24.9 Å². The van der Waals surface area contributed by atoms with Gasteiger partial charge in [0.25, 0.3) is 0 Å².